The summed E-state index contributed by atoms with van der Waals surface area (Å²) in [7, 11) is -0.720. The van der Waals surface area contributed by atoms with E-state index in [4.69, 9.17) is 0 Å². The van der Waals surface area contributed by atoms with Crippen LogP contribution < -0.4 is 10.6 Å². The molecule has 1 aromatic carbocycles. The predicted octanol–water partition coefficient (Wildman–Crippen LogP) is 0.456. The highest BCUT2D eigenvalue weighted by molar-refractivity contribution is 7.90. The molecule has 0 aliphatic rings. The molecular formula is C12H17ClN2O5S. The fourth-order valence-electron chi connectivity index (χ4n) is 1.49. The molecule has 1 aromatic rings. The molecule has 0 unspecified atom stereocenters. The number of anilines is 1. The first-order chi connectivity index (χ1) is 9.27. The van der Waals surface area contributed by atoms with Gasteiger partial charge in [0.15, 0.2) is 9.84 Å². The van der Waals surface area contributed by atoms with Crippen LogP contribution in [-0.4, -0.2) is 47.3 Å². The van der Waals surface area contributed by atoms with Crippen molar-refractivity contribution in [2.45, 2.75) is 4.90 Å². The van der Waals surface area contributed by atoms with E-state index >= 15 is 0 Å². The molecule has 0 saturated carbocycles. The number of nitrogens with one attached hydrogen (secondary N) is 2. The maximum Gasteiger partial charge on any atom is 0.337 e. The lowest BCUT2D eigenvalue weighted by Crippen LogP contribution is -2.25. The van der Waals surface area contributed by atoms with E-state index in [2.05, 4.69) is 15.4 Å². The normalized spacial score (nSPS) is 10.4. The Bertz CT molecular complexity index is 631. The molecule has 2 N–H and O–H groups in total. The first-order valence-corrected chi connectivity index (χ1v) is 7.55. The maximum absolute atomic E-state index is 11.6. The molecule has 1 amide bonds. The largest absolute Gasteiger partial charge is 0.465 e. The molecule has 21 heavy (non-hydrogen) atoms. The van der Waals surface area contributed by atoms with E-state index in [1.807, 2.05) is 0 Å². The lowest BCUT2D eigenvalue weighted by Gasteiger charge is -2.09. The van der Waals surface area contributed by atoms with Gasteiger partial charge in [0.05, 0.1) is 24.1 Å². The van der Waals surface area contributed by atoms with Gasteiger partial charge in [-0.25, -0.2) is 13.2 Å². The minimum absolute atomic E-state index is 0. The van der Waals surface area contributed by atoms with Crippen molar-refractivity contribution in [3.05, 3.63) is 23.8 Å². The third-order valence-electron chi connectivity index (χ3n) is 2.38. The Balaban J connectivity index is 0.00000400. The number of sulfone groups is 1. The quantitative estimate of drug-likeness (QED) is 0.757. The smallest absolute Gasteiger partial charge is 0.337 e. The van der Waals surface area contributed by atoms with Crippen molar-refractivity contribution < 1.29 is 22.7 Å². The van der Waals surface area contributed by atoms with Gasteiger partial charge in [0.1, 0.15) is 0 Å². The summed E-state index contributed by atoms with van der Waals surface area (Å²) in [6, 6.07) is 3.85. The number of ether oxygens (including phenoxy) is 1. The molecule has 0 atom stereocenters. The number of hydrogen-bond acceptors (Lipinski definition) is 6. The van der Waals surface area contributed by atoms with Crippen LogP contribution in [0, 0.1) is 0 Å². The average Bonchev–Trinajstić information content (AvgIpc) is 2.36. The highest BCUT2D eigenvalue weighted by atomic mass is 35.5. The number of carbonyl (C=O) groups is 2. The van der Waals surface area contributed by atoms with Crippen molar-refractivity contribution in [2.24, 2.45) is 0 Å². The van der Waals surface area contributed by atoms with Gasteiger partial charge >= 0.3 is 5.97 Å². The van der Waals surface area contributed by atoms with Gasteiger partial charge in [0.25, 0.3) is 0 Å². The van der Waals surface area contributed by atoms with Crippen molar-refractivity contribution in [1.29, 1.82) is 0 Å². The Labute approximate surface area is 129 Å². The summed E-state index contributed by atoms with van der Waals surface area (Å²) in [5.74, 6) is -1.03. The van der Waals surface area contributed by atoms with Gasteiger partial charge in [-0.05, 0) is 25.2 Å². The third kappa shape index (κ3) is 5.70. The molecule has 0 saturated heterocycles. The minimum Gasteiger partial charge on any atom is -0.465 e. The summed E-state index contributed by atoms with van der Waals surface area (Å²) >= 11 is 0. The van der Waals surface area contributed by atoms with Crippen molar-refractivity contribution in [3.8, 4) is 0 Å². The number of methoxy groups -OCH3 is 1. The molecule has 118 valence electrons. The highest BCUT2D eigenvalue weighted by Crippen LogP contribution is 2.19. The van der Waals surface area contributed by atoms with E-state index < -0.39 is 15.8 Å². The second kappa shape index (κ2) is 7.96. The van der Waals surface area contributed by atoms with Gasteiger partial charge in [-0.15, -0.1) is 12.4 Å². The Kier molecular flexibility index (Phi) is 7.34. The zero-order valence-corrected chi connectivity index (χ0v) is 13.4. The lowest BCUT2D eigenvalue weighted by atomic mass is 10.2. The van der Waals surface area contributed by atoms with Crippen LogP contribution in [0.5, 0.6) is 0 Å². The van der Waals surface area contributed by atoms with Crippen LogP contribution in [0.1, 0.15) is 10.4 Å². The van der Waals surface area contributed by atoms with Crippen LogP contribution in [0.3, 0.4) is 0 Å². The van der Waals surface area contributed by atoms with Crippen LogP contribution in [0.4, 0.5) is 5.69 Å². The zero-order valence-electron chi connectivity index (χ0n) is 11.8. The van der Waals surface area contributed by atoms with E-state index in [-0.39, 0.29) is 41.0 Å². The number of benzene rings is 1. The second-order valence-corrected chi connectivity index (χ2v) is 6.10. The number of esters is 1. The number of amides is 1. The molecule has 0 aliphatic carbocycles. The fraction of sp³-hybridized carbons (Fsp3) is 0.333. The molecule has 0 aromatic heterocycles. The average molecular weight is 337 g/mol. The topological polar surface area (TPSA) is 102 Å². The number of likely N-dealkylation sites (N-methyl/N-ethyl adjacent to an activating group) is 1. The van der Waals surface area contributed by atoms with Gasteiger partial charge < -0.3 is 15.4 Å². The van der Waals surface area contributed by atoms with E-state index in [1.165, 1.54) is 25.3 Å². The van der Waals surface area contributed by atoms with Crippen LogP contribution >= 0.6 is 12.4 Å². The number of halogens is 1. The molecule has 0 bridgehead atoms. The van der Waals surface area contributed by atoms with Crippen molar-refractivity contribution in [2.75, 3.05) is 32.3 Å². The predicted molar refractivity (Wildman–Crippen MR) is 80.7 cm³/mol. The maximum atomic E-state index is 11.6. The Hall–Kier alpha value is -1.64. The third-order valence-corrected chi connectivity index (χ3v) is 3.47. The summed E-state index contributed by atoms with van der Waals surface area (Å²) in [5.41, 5.74) is 0.267. The Morgan fingerprint density at radius 1 is 1.24 bits per heavy atom. The molecular weight excluding hydrogens is 320 g/mol. The van der Waals surface area contributed by atoms with Gasteiger partial charge in [-0.2, -0.15) is 0 Å². The van der Waals surface area contributed by atoms with Crippen molar-refractivity contribution >= 4 is 39.8 Å². The van der Waals surface area contributed by atoms with Crippen LogP contribution in [-0.2, 0) is 19.4 Å². The summed E-state index contributed by atoms with van der Waals surface area (Å²) in [5, 5.41) is 5.16. The first kappa shape index (κ1) is 19.4. The molecule has 0 radical (unpaired) electrons. The first-order valence-electron chi connectivity index (χ1n) is 5.66. The highest BCUT2D eigenvalue weighted by Gasteiger charge is 2.15. The monoisotopic (exact) mass is 336 g/mol. The molecule has 7 nitrogen and oxygen atoms in total. The van der Waals surface area contributed by atoms with Crippen molar-refractivity contribution in [1.82, 2.24) is 5.32 Å². The second-order valence-electron chi connectivity index (χ2n) is 4.09. The SMILES string of the molecule is CNCC(=O)Nc1cc(C(=O)OC)cc(S(C)(=O)=O)c1.Cl. The van der Waals surface area contributed by atoms with Gasteiger partial charge in [0.2, 0.25) is 5.91 Å². The van der Waals surface area contributed by atoms with E-state index in [0.717, 1.165) is 6.26 Å². The molecule has 0 heterocycles. The molecule has 0 spiro atoms. The fourth-order valence-corrected chi connectivity index (χ4v) is 2.17. The summed E-state index contributed by atoms with van der Waals surface area (Å²) in [6.07, 6.45) is 1.02. The summed E-state index contributed by atoms with van der Waals surface area (Å²) in [6.45, 7) is 0.0661. The zero-order chi connectivity index (χ0) is 15.3. The Morgan fingerprint density at radius 2 is 1.86 bits per heavy atom. The van der Waals surface area contributed by atoms with Crippen molar-refractivity contribution in [3.63, 3.8) is 0 Å². The number of rotatable bonds is 5. The van der Waals surface area contributed by atoms with Crippen LogP contribution in [0.25, 0.3) is 0 Å². The van der Waals surface area contributed by atoms with Gasteiger partial charge in [-0.1, -0.05) is 0 Å². The summed E-state index contributed by atoms with van der Waals surface area (Å²) in [4.78, 5) is 22.9. The van der Waals surface area contributed by atoms with Gasteiger partial charge in [-0.3, -0.25) is 4.79 Å². The molecule has 1 rings (SSSR count). The number of hydrogen-bond donors (Lipinski definition) is 2. The van der Waals surface area contributed by atoms with Gasteiger partial charge in [0, 0.05) is 11.9 Å². The van der Waals surface area contributed by atoms with Crippen LogP contribution in [0.2, 0.25) is 0 Å². The minimum atomic E-state index is -3.51. The van der Waals surface area contributed by atoms with E-state index in [0.29, 0.717) is 0 Å². The Morgan fingerprint density at radius 3 is 2.33 bits per heavy atom. The standard InChI is InChI=1S/C12H16N2O5S.ClH/c1-13-7-11(15)14-9-4-8(12(16)19-2)5-10(6-9)20(3,17)18;/h4-6,13H,7H2,1-3H3,(H,14,15);1H. The van der Waals surface area contributed by atoms with Crippen LogP contribution in [0.15, 0.2) is 23.1 Å². The van der Waals surface area contributed by atoms with E-state index in [1.54, 1.807) is 7.05 Å². The summed E-state index contributed by atoms with van der Waals surface area (Å²) < 4.78 is 27.7. The molecule has 9 heteroatoms. The molecule has 0 aliphatic heterocycles. The van der Waals surface area contributed by atoms with E-state index in [9.17, 15) is 18.0 Å². The number of carbonyl (C=O) groups excluding carboxylic acids is 2. The lowest BCUT2D eigenvalue weighted by molar-refractivity contribution is -0.115. The molecule has 0 fully saturated rings.